The monoisotopic (exact) mass is 498 g/mol. The summed E-state index contributed by atoms with van der Waals surface area (Å²) in [5.41, 5.74) is -1.12. The van der Waals surface area contributed by atoms with Gasteiger partial charge in [-0.2, -0.15) is 0 Å². The van der Waals surface area contributed by atoms with E-state index in [1.165, 1.54) is 83.5 Å². The molecule has 2 atom stereocenters. The number of aliphatic hydroxyl groups excluding tert-OH is 2. The number of carbonyl (C=O) groups is 1. The van der Waals surface area contributed by atoms with E-state index in [1.807, 2.05) is 0 Å². The standard InChI is InChI=1S/C23H47O7PS/c1-2-3-4-5-6-7-8-9-10-11-12-13-14-15-16-17-20-29-22(25)21-31(27,28)30-32-23(26)18-19-24/h23-24,26H,2-21H2,1H3,(H,27,28). The van der Waals surface area contributed by atoms with E-state index in [2.05, 4.69) is 10.9 Å². The summed E-state index contributed by atoms with van der Waals surface area (Å²) in [6.07, 6.45) is 19.5. The van der Waals surface area contributed by atoms with E-state index in [0.29, 0.717) is 12.0 Å². The molecule has 192 valence electrons. The second-order valence-corrected chi connectivity index (χ2v) is 11.4. The third-order valence-electron chi connectivity index (χ3n) is 5.24. The summed E-state index contributed by atoms with van der Waals surface area (Å²) in [6, 6.07) is 0. The molecular formula is C23H47O7PS. The van der Waals surface area contributed by atoms with Crippen LogP contribution in [0.4, 0.5) is 0 Å². The molecule has 0 fully saturated rings. The molecular weight excluding hydrogens is 451 g/mol. The van der Waals surface area contributed by atoms with E-state index in [1.54, 1.807) is 0 Å². The first-order chi connectivity index (χ1) is 15.4. The topological polar surface area (TPSA) is 113 Å². The summed E-state index contributed by atoms with van der Waals surface area (Å²) in [6.45, 7) is 2.22. The lowest BCUT2D eigenvalue weighted by atomic mass is 10.0. The Balaban J connectivity index is 3.40. The molecule has 0 aliphatic rings. The van der Waals surface area contributed by atoms with Crippen molar-refractivity contribution in [3.63, 3.8) is 0 Å². The van der Waals surface area contributed by atoms with Crippen molar-refractivity contribution in [1.29, 1.82) is 0 Å². The van der Waals surface area contributed by atoms with E-state index < -0.39 is 25.2 Å². The molecule has 7 nitrogen and oxygen atoms in total. The molecule has 0 spiro atoms. The number of esters is 1. The minimum absolute atomic E-state index is 0.00830. The highest BCUT2D eigenvalue weighted by Crippen LogP contribution is 2.46. The highest BCUT2D eigenvalue weighted by molar-refractivity contribution is 7.98. The van der Waals surface area contributed by atoms with Gasteiger partial charge in [0.25, 0.3) is 0 Å². The van der Waals surface area contributed by atoms with Gasteiger partial charge >= 0.3 is 13.6 Å². The molecule has 0 rings (SSSR count). The van der Waals surface area contributed by atoms with Gasteiger partial charge in [-0.3, -0.25) is 9.36 Å². The van der Waals surface area contributed by atoms with Gasteiger partial charge in [-0.25, -0.2) is 3.97 Å². The van der Waals surface area contributed by atoms with Crippen LogP contribution < -0.4 is 0 Å². The summed E-state index contributed by atoms with van der Waals surface area (Å²) in [7, 11) is -4.17. The largest absolute Gasteiger partial charge is 0.465 e. The molecule has 0 aromatic rings. The molecule has 0 aromatic heterocycles. The number of unbranched alkanes of at least 4 members (excludes halogenated alkanes) is 15. The van der Waals surface area contributed by atoms with Gasteiger partial charge in [0, 0.05) is 25.1 Å². The third kappa shape index (κ3) is 23.1. The Kier molecular flexibility index (Phi) is 22.6. The van der Waals surface area contributed by atoms with Crippen LogP contribution in [-0.2, 0) is 18.1 Å². The van der Waals surface area contributed by atoms with Crippen LogP contribution in [-0.4, -0.2) is 45.9 Å². The smallest absolute Gasteiger partial charge is 0.350 e. The highest BCUT2D eigenvalue weighted by Gasteiger charge is 2.27. The van der Waals surface area contributed by atoms with Gasteiger partial charge in [-0.15, -0.1) is 0 Å². The first-order valence-corrected chi connectivity index (χ1v) is 15.1. The van der Waals surface area contributed by atoms with Crippen molar-refractivity contribution in [1.82, 2.24) is 0 Å². The molecule has 0 aliphatic carbocycles. The van der Waals surface area contributed by atoms with Gasteiger partial charge in [0.1, 0.15) is 11.6 Å². The van der Waals surface area contributed by atoms with Crippen LogP contribution in [0.3, 0.4) is 0 Å². The maximum atomic E-state index is 11.8. The number of hydrogen-bond acceptors (Lipinski definition) is 7. The molecule has 0 bridgehead atoms. The predicted molar refractivity (Wildman–Crippen MR) is 132 cm³/mol. The maximum absolute atomic E-state index is 11.8. The second kappa shape index (κ2) is 22.7. The molecule has 0 aromatic carbocycles. The molecule has 0 amide bonds. The van der Waals surface area contributed by atoms with E-state index in [0.717, 1.165) is 19.3 Å². The Morgan fingerprint density at radius 2 is 1.28 bits per heavy atom. The van der Waals surface area contributed by atoms with Gasteiger partial charge in [-0.05, 0) is 6.42 Å². The zero-order valence-corrected chi connectivity index (χ0v) is 21.8. The predicted octanol–water partition coefficient (Wildman–Crippen LogP) is 6.34. The van der Waals surface area contributed by atoms with Crippen molar-refractivity contribution in [3.8, 4) is 0 Å². The molecule has 9 heteroatoms. The number of aliphatic hydroxyl groups is 2. The van der Waals surface area contributed by atoms with Crippen molar-refractivity contribution in [2.24, 2.45) is 0 Å². The van der Waals surface area contributed by atoms with Gasteiger partial charge < -0.3 is 19.8 Å². The highest BCUT2D eigenvalue weighted by atomic mass is 32.2. The second-order valence-electron chi connectivity index (χ2n) is 8.46. The molecule has 32 heavy (non-hydrogen) atoms. The van der Waals surface area contributed by atoms with E-state index in [9.17, 15) is 19.4 Å². The Hall–Kier alpha value is -0.110. The lowest BCUT2D eigenvalue weighted by molar-refractivity contribution is -0.140. The third-order valence-corrected chi connectivity index (χ3v) is 7.63. The lowest BCUT2D eigenvalue weighted by Gasteiger charge is -2.13. The van der Waals surface area contributed by atoms with E-state index in [4.69, 9.17) is 9.84 Å². The van der Waals surface area contributed by atoms with Gasteiger partial charge in [0.2, 0.25) is 0 Å². The van der Waals surface area contributed by atoms with Crippen LogP contribution >= 0.6 is 19.6 Å². The summed E-state index contributed by atoms with van der Waals surface area (Å²) in [5, 5.41) is 18.0. The SMILES string of the molecule is CCCCCCCCCCCCCCCCCCOC(=O)CP(=O)(O)OSC(O)CCO. The quantitative estimate of drug-likeness (QED) is 0.0464. The Bertz CT molecular complexity index is 479. The lowest BCUT2D eigenvalue weighted by Crippen LogP contribution is -2.12. The van der Waals surface area contributed by atoms with E-state index >= 15 is 0 Å². The fraction of sp³-hybridized carbons (Fsp3) is 0.957. The minimum Gasteiger partial charge on any atom is -0.465 e. The summed E-state index contributed by atoms with van der Waals surface area (Å²) < 4.78 is 21.4. The molecule has 0 radical (unpaired) electrons. The molecule has 0 aliphatic heterocycles. The number of hydrogen-bond donors (Lipinski definition) is 3. The van der Waals surface area contributed by atoms with Crippen molar-refractivity contribution in [2.75, 3.05) is 19.4 Å². The molecule has 0 saturated heterocycles. The maximum Gasteiger partial charge on any atom is 0.350 e. The summed E-state index contributed by atoms with van der Waals surface area (Å²) >= 11 is 0.375. The molecule has 0 saturated carbocycles. The fourth-order valence-corrected chi connectivity index (χ4v) is 5.11. The molecule has 0 heterocycles. The van der Waals surface area contributed by atoms with Crippen LogP contribution in [0.2, 0.25) is 0 Å². The van der Waals surface area contributed by atoms with Crippen molar-refractivity contribution >= 4 is 25.6 Å². The average molecular weight is 499 g/mol. The van der Waals surface area contributed by atoms with Crippen molar-refractivity contribution in [3.05, 3.63) is 0 Å². The number of ether oxygens (including phenoxy) is 1. The Labute approximate surface area is 199 Å². The summed E-state index contributed by atoms with van der Waals surface area (Å²) in [4.78, 5) is 21.2. The van der Waals surface area contributed by atoms with Crippen LogP contribution in [0.15, 0.2) is 0 Å². The Morgan fingerprint density at radius 3 is 1.72 bits per heavy atom. The summed E-state index contributed by atoms with van der Waals surface area (Å²) in [5.74, 6) is -0.783. The molecule has 3 N–H and O–H groups in total. The van der Waals surface area contributed by atoms with Crippen molar-refractivity contribution < 1.29 is 33.2 Å². The normalized spacial score (nSPS) is 14.2. The molecule has 2 unspecified atom stereocenters. The van der Waals surface area contributed by atoms with E-state index in [-0.39, 0.29) is 19.6 Å². The average Bonchev–Trinajstić information content (AvgIpc) is 2.74. The van der Waals surface area contributed by atoms with Crippen LogP contribution in [0.25, 0.3) is 0 Å². The van der Waals surface area contributed by atoms with Gasteiger partial charge in [0.15, 0.2) is 0 Å². The zero-order valence-electron chi connectivity index (χ0n) is 20.0. The van der Waals surface area contributed by atoms with Crippen LogP contribution in [0, 0.1) is 0 Å². The number of rotatable bonds is 24. The first kappa shape index (κ1) is 31.9. The first-order valence-electron chi connectivity index (χ1n) is 12.5. The van der Waals surface area contributed by atoms with Gasteiger partial charge in [-0.1, -0.05) is 103 Å². The minimum atomic E-state index is -4.17. The van der Waals surface area contributed by atoms with Crippen LogP contribution in [0.1, 0.15) is 116 Å². The van der Waals surface area contributed by atoms with Crippen LogP contribution in [0.5, 0.6) is 0 Å². The van der Waals surface area contributed by atoms with Gasteiger partial charge in [0.05, 0.1) is 6.61 Å². The number of carbonyl (C=O) groups excluding carboxylic acids is 1. The fourth-order valence-electron chi connectivity index (χ4n) is 3.35. The zero-order chi connectivity index (χ0) is 23.9. The Morgan fingerprint density at radius 1 is 0.844 bits per heavy atom. The van der Waals surface area contributed by atoms with Crippen molar-refractivity contribution in [2.45, 2.75) is 122 Å².